The van der Waals surface area contributed by atoms with Gasteiger partial charge in [-0.15, -0.1) is 11.3 Å². The van der Waals surface area contributed by atoms with Gasteiger partial charge in [-0.05, 0) is 63.7 Å². The Morgan fingerprint density at radius 1 is 0.339 bits per heavy atom. The molecular weight excluding hydrogens is 703 g/mol. The van der Waals surface area contributed by atoms with Gasteiger partial charge in [0.05, 0.1) is 5.56 Å². The number of para-hydroxylation sites is 1. The molecule has 0 N–H and O–H groups in total. The summed E-state index contributed by atoms with van der Waals surface area (Å²) < 4.78 is 9.17. The molecule has 0 aliphatic heterocycles. The molecule has 11 aromatic rings. The van der Waals surface area contributed by atoms with Crippen molar-refractivity contribution in [3.63, 3.8) is 0 Å². The Balaban J connectivity index is 1.08. The molecule has 3 aromatic heterocycles. The molecule has 0 aliphatic rings. The van der Waals surface area contributed by atoms with Crippen LogP contribution >= 0.6 is 11.3 Å². The highest BCUT2D eigenvalue weighted by atomic mass is 32.1. The number of hydrogen-bond acceptors (Lipinski definition) is 5. The zero-order valence-electron chi connectivity index (χ0n) is 30.1. The molecule has 0 bridgehead atoms. The van der Waals surface area contributed by atoms with Crippen LogP contribution in [-0.2, 0) is 0 Å². The van der Waals surface area contributed by atoms with E-state index >= 15 is 0 Å². The second-order valence-electron chi connectivity index (χ2n) is 13.9. The van der Waals surface area contributed by atoms with Crippen LogP contribution in [0.2, 0.25) is 0 Å². The first-order valence-corrected chi connectivity index (χ1v) is 19.5. The van der Waals surface area contributed by atoms with Gasteiger partial charge in [-0.2, -0.15) is 0 Å². The van der Waals surface area contributed by atoms with E-state index in [0.29, 0.717) is 17.5 Å². The van der Waals surface area contributed by atoms with Crippen molar-refractivity contribution in [1.82, 2.24) is 15.0 Å². The Bertz CT molecular complexity index is 3240. The Hall–Kier alpha value is -7.21. The van der Waals surface area contributed by atoms with E-state index in [1.807, 2.05) is 36.4 Å². The fourth-order valence-corrected chi connectivity index (χ4v) is 9.11. The maximum atomic E-state index is 6.80. The van der Waals surface area contributed by atoms with Crippen molar-refractivity contribution < 1.29 is 4.42 Å². The molecule has 0 saturated heterocycles. The van der Waals surface area contributed by atoms with Crippen LogP contribution in [0.3, 0.4) is 0 Å². The molecule has 0 aliphatic carbocycles. The summed E-state index contributed by atoms with van der Waals surface area (Å²) >= 11 is 1.78. The van der Waals surface area contributed by atoms with Crippen LogP contribution in [0.1, 0.15) is 0 Å². The number of aromatic nitrogens is 3. The van der Waals surface area contributed by atoms with Crippen LogP contribution in [0.5, 0.6) is 0 Å². The van der Waals surface area contributed by atoms with Gasteiger partial charge in [0.2, 0.25) is 0 Å². The third-order valence-electron chi connectivity index (χ3n) is 10.6. The van der Waals surface area contributed by atoms with Crippen molar-refractivity contribution >= 4 is 53.4 Å². The van der Waals surface area contributed by atoms with E-state index in [2.05, 4.69) is 152 Å². The smallest absolute Gasteiger partial charge is 0.167 e. The first-order chi connectivity index (χ1) is 27.7. The predicted molar refractivity (Wildman–Crippen MR) is 233 cm³/mol. The number of hydrogen-bond donors (Lipinski definition) is 0. The molecule has 0 fully saturated rings. The molecule has 56 heavy (non-hydrogen) atoms. The highest BCUT2D eigenvalue weighted by Gasteiger charge is 2.20. The summed E-state index contributed by atoms with van der Waals surface area (Å²) in [5.74, 6) is 1.81. The molecule has 0 spiro atoms. The van der Waals surface area contributed by atoms with E-state index in [1.54, 1.807) is 11.3 Å². The Morgan fingerprint density at radius 3 is 1.64 bits per heavy atom. The summed E-state index contributed by atoms with van der Waals surface area (Å²) in [4.78, 5) is 15.5. The van der Waals surface area contributed by atoms with E-state index in [-0.39, 0.29) is 0 Å². The SMILES string of the molecule is c1ccc(-c2ccc3c(c2)sc2c(-c4nc(-c5ccccc5)nc(-c5cccc6c5oc5cc(-c7ccccc7-c7ccccc7)ccc56)n4)cccc23)cc1. The Morgan fingerprint density at radius 2 is 0.893 bits per heavy atom. The predicted octanol–water partition coefficient (Wildman–Crippen LogP) is 14.1. The second-order valence-corrected chi connectivity index (χ2v) is 15.0. The van der Waals surface area contributed by atoms with Crippen LogP contribution in [0, 0.1) is 0 Å². The van der Waals surface area contributed by atoms with E-state index in [0.717, 1.165) is 54.5 Å². The summed E-state index contributed by atoms with van der Waals surface area (Å²) in [6.07, 6.45) is 0. The van der Waals surface area contributed by atoms with Crippen molar-refractivity contribution in [3.8, 4) is 67.5 Å². The highest BCUT2D eigenvalue weighted by molar-refractivity contribution is 7.26. The number of rotatable bonds is 6. The van der Waals surface area contributed by atoms with Crippen molar-refractivity contribution in [3.05, 3.63) is 188 Å². The number of furan rings is 1. The van der Waals surface area contributed by atoms with Crippen LogP contribution in [-0.4, -0.2) is 15.0 Å². The molecule has 4 nitrogen and oxygen atoms in total. The Labute approximate surface area is 327 Å². The minimum absolute atomic E-state index is 0.567. The molecule has 5 heteroatoms. The summed E-state index contributed by atoms with van der Waals surface area (Å²) in [5, 5.41) is 4.48. The quantitative estimate of drug-likeness (QED) is 0.171. The molecule has 11 rings (SSSR count). The maximum absolute atomic E-state index is 6.80. The molecular formula is C51H31N3OS. The van der Waals surface area contributed by atoms with Gasteiger partial charge in [0.15, 0.2) is 17.5 Å². The number of nitrogens with zero attached hydrogens (tertiary/aromatic N) is 3. The fourth-order valence-electron chi connectivity index (χ4n) is 7.86. The highest BCUT2D eigenvalue weighted by Crippen LogP contribution is 2.43. The number of benzene rings is 8. The molecule has 0 saturated carbocycles. The first kappa shape index (κ1) is 32.2. The summed E-state index contributed by atoms with van der Waals surface area (Å²) in [6, 6.07) is 65.6. The van der Waals surface area contributed by atoms with Crippen LogP contribution in [0.25, 0.3) is 110 Å². The van der Waals surface area contributed by atoms with Crippen molar-refractivity contribution in [2.45, 2.75) is 0 Å². The van der Waals surface area contributed by atoms with Gasteiger partial charge in [0, 0.05) is 42.1 Å². The molecule has 0 unspecified atom stereocenters. The van der Waals surface area contributed by atoms with Gasteiger partial charge in [0.1, 0.15) is 11.2 Å². The van der Waals surface area contributed by atoms with Crippen LogP contribution in [0.4, 0.5) is 0 Å². The van der Waals surface area contributed by atoms with E-state index in [9.17, 15) is 0 Å². The standard InChI is InChI=1S/C51H31N3OS/c1-4-14-32(15-5-1)35-26-29-40-42-23-13-25-44(48(42)56-46(40)31-35)51-53-49(34-18-8-3-9-19-34)52-50(54-51)43-24-12-22-41-39-28-27-36(30-45(39)55-47(41)43)38-21-11-10-20-37(38)33-16-6-2-7-17-33/h1-31H. The topological polar surface area (TPSA) is 51.8 Å². The molecule has 0 radical (unpaired) electrons. The van der Waals surface area contributed by atoms with Gasteiger partial charge in [-0.25, -0.2) is 15.0 Å². The lowest BCUT2D eigenvalue weighted by molar-refractivity contribution is 0.669. The summed E-state index contributed by atoms with van der Waals surface area (Å²) in [7, 11) is 0. The van der Waals surface area contributed by atoms with Gasteiger partial charge < -0.3 is 4.42 Å². The molecule has 0 atom stereocenters. The van der Waals surface area contributed by atoms with Gasteiger partial charge in [-0.3, -0.25) is 0 Å². The Kier molecular flexibility index (Phi) is 7.64. The molecule has 262 valence electrons. The molecule has 8 aromatic carbocycles. The fraction of sp³-hybridized carbons (Fsp3) is 0. The number of fused-ring (bicyclic) bond motifs is 6. The average Bonchev–Trinajstić information content (AvgIpc) is 3.85. The number of thiophene rings is 1. The van der Waals surface area contributed by atoms with E-state index in [4.69, 9.17) is 19.4 Å². The average molecular weight is 734 g/mol. The lowest BCUT2D eigenvalue weighted by atomic mass is 9.94. The monoisotopic (exact) mass is 733 g/mol. The third-order valence-corrected chi connectivity index (χ3v) is 11.8. The normalized spacial score (nSPS) is 11.6. The summed E-state index contributed by atoms with van der Waals surface area (Å²) in [6.45, 7) is 0. The lowest BCUT2D eigenvalue weighted by Gasteiger charge is -2.10. The minimum atomic E-state index is 0.567. The van der Waals surface area contributed by atoms with Gasteiger partial charge >= 0.3 is 0 Å². The van der Waals surface area contributed by atoms with E-state index in [1.165, 1.54) is 37.7 Å². The minimum Gasteiger partial charge on any atom is -0.455 e. The van der Waals surface area contributed by atoms with E-state index < -0.39 is 0 Å². The van der Waals surface area contributed by atoms with Crippen molar-refractivity contribution in [2.75, 3.05) is 0 Å². The van der Waals surface area contributed by atoms with Crippen molar-refractivity contribution in [1.29, 1.82) is 0 Å². The second kappa shape index (κ2) is 13.3. The maximum Gasteiger partial charge on any atom is 0.167 e. The van der Waals surface area contributed by atoms with Crippen LogP contribution < -0.4 is 0 Å². The largest absolute Gasteiger partial charge is 0.455 e. The van der Waals surface area contributed by atoms with Crippen LogP contribution in [0.15, 0.2) is 192 Å². The third kappa shape index (κ3) is 5.48. The zero-order valence-corrected chi connectivity index (χ0v) is 30.9. The molecule has 3 heterocycles. The van der Waals surface area contributed by atoms with Gasteiger partial charge in [0.25, 0.3) is 0 Å². The summed E-state index contributed by atoms with van der Waals surface area (Å²) in [5.41, 5.74) is 11.3. The van der Waals surface area contributed by atoms with Crippen molar-refractivity contribution in [2.24, 2.45) is 0 Å². The first-order valence-electron chi connectivity index (χ1n) is 18.7. The lowest BCUT2D eigenvalue weighted by Crippen LogP contribution is -2.00. The molecule has 0 amide bonds. The van der Waals surface area contributed by atoms with Gasteiger partial charge in [-0.1, -0.05) is 158 Å². The zero-order chi connectivity index (χ0) is 37.0.